The molecule has 0 spiro atoms. The van der Waals surface area contributed by atoms with Gasteiger partial charge < -0.3 is 5.32 Å². The Morgan fingerprint density at radius 2 is 1.95 bits per heavy atom. The van der Waals surface area contributed by atoms with Crippen LogP contribution in [0.3, 0.4) is 0 Å². The number of benzene rings is 1. The summed E-state index contributed by atoms with van der Waals surface area (Å²) in [5.74, 6) is -0.691. The SMILES string of the molecule is CC(C)NCc1ccc(S(=O)(=O)NC2CCCC2)c(F)c1. The van der Waals surface area contributed by atoms with Gasteiger partial charge in [0.25, 0.3) is 0 Å². The Bertz CT molecular complexity index is 581. The van der Waals surface area contributed by atoms with E-state index < -0.39 is 15.8 Å². The van der Waals surface area contributed by atoms with Crippen molar-refractivity contribution < 1.29 is 12.8 Å². The number of hydrogen-bond acceptors (Lipinski definition) is 3. The zero-order valence-electron chi connectivity index (χ0n) is 12.5. The van der Waals surface area contributed by atoms with E-state index in [-0.39, 0.29) is 10.9 Å². The lowest BCUT2D eigenvalue weighted by atomic mass is 10.2. The van der Waals surface area contributed by atoms with Crippen LogP contribution in [-0.2, 0) is 16.6 Å². The monoisotopic (exact) mass is 314 g/mol. The molecule has 6 heteroatoms. The van der Waals surface area contributed by atoms with Crippen molar-refractivity contribution in [1.82, 2.24) is 10.0 Å². The summed E-state index contributed by atoms with van der Waals surface area (Å²) in [6.45, 7) is 4.52. The minimum atomic E-state index is -3.77. The van der Waals surface area contributed by atoms with Crippen LogP contribution in [0.5, 0.6) is 0 Å². The highest BCUT2D eigenvalue weighted by Crippen LogP contribution is 2.22. The first-order valence-electron chi connectivity index (χ1n) is 7.42. The first kappa shape index (κ1) is 16.4. The van der Waals surface area contributed by atoms with Crippen LogP contribution in [0, 0.1) is 5.82 Å². The lowest BCUT2D eigenvalue weighted by Crippen LogP contribution is -2.33. The van der Waals surface area contributed by atoms with Gasteiger partial charge in [0.05, 0.1) is 0 Å². The van der Waals surface area contributed by atoms with E-state index in [0.29, 0.717) is 12.6 Å². The molecular weight excluding hydrogens is 291 g/mol. The van der Waals surface area contributed by atoms with E-state index in [4.69, 9.17) is 0 Å². The fourth-order valence-corrected chi connectivity index (χ4v) is 3.89. The van der Waals surface area contributed by atoms with E-state index in [1.165, 1.54) is 12.1 Å². The molecule has 1 aliphatic carbocycles. The van der Waals surface area contributed by atoms with Gasteiger partial charge in [-0.25, -0.2) is 17.5 Å². The second kappa shape index (κ2) is 6.85. The van der Waals surface area contributed by atoms with Gasteiger partial charge in [-0.05, 0) is 30.5 Å². The van der Waals surface area contributed by atoms with Crippen LogP contribution in [0.1, 0.15) is 45.1 Å². The van der Waals surface area contributed by atoms with Crippen molar-refractivity contribution in [3.05, 3.63) is 29.6 Å². The van der Waals surface area contributed by atoms with Gasteiger partial charge in [0, 0.05) is 18.6 Å². The van der Waals surface area contributed by atoms with Crippen LogP contribution in [0.25, 0.3) is 0 Å². The van der Waals surface area contributed by atoms with Crippen molar-refractivity contribution in [2.24, 2.45) is 0 Å². The van der Waals surface area contributed by atoms with Crippen molar-refractivity contribution in [3.63, 3.8) is 0 Å². The lowest BCUT2D eigenvalue weighted by molar-refractivity contribution is 0.534. The lowest BCUT2D eigenvalue weighted by Gasteiger charge is -2.14. The highest BCUT2D eigenvalue weighted by molar-refractivity contribution is 7.89. The van der Waals surface area contributed by atoms with Crippen LogP contribution in [0.2, 0.25) is 0 Å². The number of hydrogen-bond donors (Lipinski definition) is 2. The van der Waals surface area contributed by atoms with Crippen molar-refractivity contribution in [3.8, 4) is 0 Å². The predicted octanol–water partition coefficient (Wildman–Crippen LogP) is 2.54. The highest BCUT2D eigenvalue weighted by Gasteiger charge is 2.25. The summed E-state index contributed by atoms with van der Waals surface area (Å²) in [7, 11) is -3.77. The summed E-state index contributed by atoms with van der Waals surface area (Å²) in [5.41, 5.74) is 0.737. The average Bonchev–Trinajstić information content (AvgIpc) is 2.88. The molecule has 2 rings (SSSR count). The summed E-state index contributed by atoms with van der Waals surface area (Å²) in [5, 5.41) is 3.17. The summed E-state index contributed by atoms with van der Waals surface area (Å²) in [6, 6.07) is 4.53. The van der Waals surface area contributed by atoms with Crippen LogP contribution >= 0.6 is 0 Å². The van der Waals surface area contributed by atoms with E-state index in [9.17, 15) is 12.8 Å². The molecule has 118 valence electrons. The smallest absolute Gasteiger partial charge is 0.243 e. The standard InChI is InChI=1S/C15H23FN2O2S/c1-11(2)17-10-12-7-8-15(14(16)9-12)21(19,20)18-13-5-3-4-6-13/h7-9,11,13,17-18H,3-6,10H2,1-2H3. The van der Waals surface area contributed by atoms with Gasteiger partial charge in [0.2, 0.25) is 10.0 Å². The Kier molecular flexibility index (Phi) is 5.35. The molecule has 1 saturated carbocycles. The predicted molar refractivity (Wildman–Crippen MR) is 81.0 cm³/mol. The highest BCUT2D eigenvalue weighted by atomic mass is 32.2. The third kappa shape index (κ3) is 4.49. The zero-order valence-corrected chi connectivity index (χ0v) is 13.3. The number of rotatable bonds is 6. The molecule has 0 radical (unpaired) electrons. The molecule has 0 aromatic heterocycles. The van der Waals surface area contributed by atoms with Gasteiger partial charge in [-0.15, -0.1) is 0 Å². The summed E-state index contributed by atoms with van der Waals surface area (Å²) in [4.78, 5) is -0.261. The molecule has 4 nitrogen and oxygen atoms in total. The molecule has 0 atom stereocenters. The number of sulfonamides is 1. The number of nitrogens with one attached hydrogen (secondary N) is 2. The van der Waals surface area contributed by atoms with Crippen molar-refractivity contribution in [2.75, 3.05) is 0 Å². The van der Waals surface area contributed by atoms with Crippen molar-refractivity contribution in [2.45, 2.75) is 63.1 Å². The maximum atomic E-state index is 14.1. The number of halogens is 1. The molecule has 1 aromatic rings. The molecule has 1 fully saturated rings. The molecule has 1 aliphatic rings. The first-order chi connectivity index (χ1) is 9.88. The van der Waals surface area contributed by atoms with E-state index in [0.717, 1.165) is 31.2 Å². The van der Waals surface area contributed by atoms with Crippen LogP contribution in [0.15, 0.2) is 23.1 Å². The van der Waals surface area contributed by atoms with Crippen LogP contribution < -0.4 is 10.0 Å². The van der Waals surface area contributed by atoms with Gasteiger partial charge in [0.1, 0.15) is 10.7 Å². The fraction of sp³-hybridized carbons (Fsp3) is 0.600. The van der Waals surface area contributed by atoms with Crippen molar-refractivity contribution in [1.29, 1.82) is 0 Å². The van der Waals surface area contributed by atoms with Crippen LogP contribution in [-0.4, -0.2) is 20.5 Å². The minimum absolute atomic E-state index is 0.0586. The first-order valence-corrected chi connectivity index (χ1v) is 8.91. The fourth-order valence-electron chi connectivity index (χ4n) is 2.52. The summed E-state index contributed by atoms with van der Waals surface area (Å²) >= 11 is 0. The Labute approximate surface area is 126 Å². The van der Waals surface area contributed by atoms with E-state index in [2.05, 4.69) is 10.0 Å². The zero-order chi connectivity index (χ0) is 15.5. The molecule has 0 aliphatic heterocycles. The molecular formula is C15H23FN2O2S. The van der Waals surface area contributed by atoms with Gasteiger partial charge >= 0.3 is 0 Å². The Balaban J connectivity index is 2.11. The molecule has 0 bridgehead atoms. The Hall–Kier alpha value is -0.980. The maximum absolute atomic E-state index is 14.1. The van der Waals surface area contributed by atoms with Gasteiger partial charge in [-0.1, -0.05) is 32.8 Å². The van der Waals surface area contributed by atoms with Crippen LogP contribution in [0.4, 0.5) is 4.39 Å². The van der Waals surface area contributed by atoms with Gasteiger partial charge in [0.15, 0.2) is 0 Å². The molecule has 1 aromatic carbocycles. The summed E-state index contributed by atoms with van der Waals surface area (Å²) < 4.78 is 41.1. The van der Waals surface area contributed by atoms with E-state index >= 15 is 0 Å². The van der Waals surface area contributed by atoms with E-state index in [1.54, 1.807) is 6.07 Å². The quantitative estimate of drug-likeness (QED) is 0.848. The molecule has 0 saturated heterocycles. The second-order valence-electron chi connectivity index (χ2n) is 5.90. The molecule has 21 heavy (non-hydrogen) atoms. The van der Waals surface area contributed by atoms with Gasteiger partial charge in [-0.3, -0.25) is 0 Å². The Morgan fingerprint density at radius 1 is 1.29 bits per heavy atom. The third-order valence-corrected chi connectivity index (χ3v) is 5.23. The molecule has 0 heterocycles. The van der Waals surface area contributed by atoms with E-state index in [1.807, 2.05) is 13.8 Å². The minimum Gasteiger partial charge on any atom is -0.310 e. The molecule has 0 amide bonds. The topological polar surface area (TPSA) is 58.2 Å². The normalized spacial score (nSPS) is 16.8. The van der Waals surface area contributed by atoms with Crippen molar-refractivity contribution >= 4 is 10.0 Å². The molecule has 2 N–H and O–H groups in total. The maximum Gasteiger partial charge on any atom is 0.243 e. The summed E-state index contributed by atoms with van der Waals surface area (Å²) in [6.07, 6.45) is 3.71. The second-order valence-corrected chi connectivity index (χ2v) is 7.59. The molecule has 0 unspecified atom stereocenters. The Morgan fingerprint density at radius 3 is 2.52 bits per heavy atom. The van der Waals surface area contributed by atoms with Gasteiger partial charge in [-0.2, -0.15) is 0 Å². The third-order valence-electron chi connectivity index (χ3n) is 3.68. The average molecular weight is 314 g/mol. The largest absolute Gasteiger partial charge is 0.310 e.